The van der Waals surface area contributed by atoms with Crippen molar-refractivity contribution in [3.05, 3.63) is 52.0 Å². The Hall–Kier alpha value is -2.21. The second kappa shape index (κ2) is 9.17. The van der Waals surface area contributed by atoms with E-state index in [9.17, 15) is 9.59 Å². The van der Waals surface area contributed by atoms with Gasteiger partial charge in [0.1, 0.15) is 0 Å². The zero-order valence-electron chi connectivity index (χ0n) is 14.0. The Balaban J connectivity index is 2.02. The van der Waals surface area contributed by atoms with Crippen LogP contribution < -0.4 is 0 Å². The number of thiophene rings is 1. The Labute approximate surface area is 146 Å². The topological polar surface area (TPSA) is 59.5 Å². The van der Waals surface area contributed by atoms with E-state index in [2.05, 4.69) is 4.98 Å². The second-order valence-corrected chi connectivity index (χ2v) is 6.79. The van der Waals surface area contributed by atoms with Gasteiger partial charge in [0.05, 0.1) is 19.4 Å². The molecule has 0 radical (unpaired) electrons. The van der Waals surface area contributed by atoms with Gasteiger partial charge in [-0.05, 0) is 37.6 Å². The lowest BCUT2D eigenvalue weighted by atomic mass is 10.2. The number of aromatic nitrogens is 1. The van der Waals surface area contributed by atoms with Gasteiger partial charge in [0.25, 0.3) is 0 Å². The monoisotopic (exact) mass is 346 g/mol. The minimum absolute atomic E-state index is 0.00463. The first kappa shape index (κ1) is 18.1. The van der Waals surface area contributed by atoms with Crippen LogP contribution in [0.1, 0.15) is 28.7 Å². The Morgan fingerprint density at radius 2 is 2.12 bits per heavy atom. The van der Waals surface area contributed by atoms with Crippen LogP contribution in [0.3, 0.4) is 0 Å². The van der Waals surface area contributed by atoms with Gasteiger partial charge in [0.15, 0.2) is 0 Å². The lowest BCUT2D eigenvalue weighted by Gasteiger charge is -2.22. The van der Waals surface area contributed by atoms with Gasteiger partial charge in [0.2, 0.25) is 5.91 Å². The van der Waals surface area contributed by atoms with Gasteiger partial charge in [-0.1, -0.05) is 6.07 Å². The van der Waals surface area contributed by atoms with E-state index >= 15 is 0 Å². The largest absolute Gasteiger partial charge is 0.466 e. The summed E-state index contributed by atoms with van der Waals surface area (Å²) in [6, 6.07) is 7.75. The quantitative estimate of drug-likeness (QED) is 0.690. The highest BCUT2D eigenvalue weighted by Crippen LogP contribution is 2.17. The van der Waals surface area contributed by atoms with E-state index in [4.69, 9.17) is 4.74 Å². The summed E-state index contributed by atoms with van der Waals surface area (Å²) in [7, 11) is 0. The summed E-state index contributed by atoms with van der Waals surface area (Å²) in [6.07, 6.45) is 3.98. The Morgan fingerprint density at radius 3 is 2.75 bits per heavy atom. The highest BCUT2D eigenvalue weighted by molar-refractivity contribution is 7.12. The molecule has 2 aromatic heterocycles. The number of hydrogen-bond acceptors (Lipinski definition) is 5. The molecule has 0 aliphatic heterocycles. The summed E-state index contributed by atoms with van der Waals surface area (Å²) < 4.78 is 4.96. The fourth-order valence-corrected chi connectivity index (χ4v) is 3.19. The number of carbonyl (C=O) groups is 2. The van der Waals surface area contributed by atoms with Crippen LogP contribution >= 0.6 is 11.3 Å². The van der Waals surface area contributed by atoms with Crippen molar-refractivity contribution in [2.45, 2.75) is 33.2 Å². The molecule has 0 saturated heterocycles. The van der Waals surface area contributed by atoms with Crippen molar-refractivity contribution in [2.24, 2.45) is 0 Å². The molecule has 2 rings (SSSR count). The van der Waals surface area contributed by atoms with Crippen LogP contribution in [-0.4, -0.2) is 34.9 Å². The second-order valence-electron chi connectivity index (χ2n) is 5.42. The predicted octanol–water partition coefficient (Wildman–Crippen LogP) is 2.98. The maximum absolute atomic E-state index is 12.7. The molecule has 0 aliphatic rings. The van der Waals surface area contributed by atoms with Crippen LogP contribution in [0.2, 0.25) is 0 Å². The van der Waals surface area contributed by atoms with Gasteiger partial charge in [-0.2, -0.15) is 0 Å². The molecule has 0 N–H and O–H groups in total. The van der Waals surface area contributed by atoms with Crippen LogP contribution in [0.25, 0.3) is 0 Å². The van der Waals surface area contributed by atoms with Crippen molar-refractivity contribution >= 4 is 23.2 Å². The van der Waals surface area contributed by atoms with Crippen LogP contribution in [-0.2, 0) is 27.3 Å². The van der Waals surface area contributed by atoms with Gasteiger partial charge in [-0.3, -0.25) is 14.6 Å². The maximum atomic E-state index is 12.7. The number of aryl methyl sites for hydroxylation is 1. The summed E-state index contributed by atoms with van der Waals surface area (Å²) in [4.78, 5) is 32.3. The van der Waals surface area contributed by atoms with Crippen LogP contribution in [0, 0.1) is 6.92 Å². The molecule has 0 unspecified atom stereocenters. The molecular formula is C18H22N2O3S. The molecule has 0 fully saturated rings. The average molecular weight is 346 g/mol. The molecule has 24 heavy (non-hydrogen) atoms. The Morgan fingerprint density at radius 1 is 1.29 bits per heavy atom. The first-order chi connectivity index (χ1) is 11.6. The number of nitrogens with zero attached hydrogens (tertiary/aromatic N) is 2. The molecule has 0 aromatic carbocycles. The Kier molecular flexibility index (Phi) is 6.93. The highest BCUT2D eigenvalue weighted by Gasteiger charge is 2.17. The highest BCUT2D eigenvalue weighted by atomic mass is 32.1. The van der Waals surface area contributed by atoms with E-state index in [1.54, 1.807) is 35.6 Å². The number of ether oxygens (including phenoxy) is 1. The zero-order valence-corrected chi connectivity index (χ0v) is 14.8. The van der Waals surface area contributed by atoms with Crippen molar-refractivity contribution in [3.63, 3.8) is 0 Å². The third-order valence-corrected chi connectivity index (χ3v) is 4.46. The number of amides is 1. The first-order valence-electron chi connectivity index (χ1n) is 7.96. The van der Waals surface area contributed by atoms with E-state index < -0.39 is 0 Å². The molecule has 6 heteroatoms. The average Bonchev–Trinajstić information content (AvgIpc) is 2.97. The van der Waals surface area contributed by atoms with Crippen molar-refractivity contribution < 1.29 is 14.3 Å². The number of carbonyl (C=O) groups excluding carboxylic acids is 2. The lowest BCUT2D eigenvalue weighted by Crippen LogP contribution is -2.34. The van der Waals surface area contributed by atoms with Gasteiger partial charge in [-0.15, -0.1) is 11.3 Å². The summed E-state index contributed by atoms with van der Waals surface area (Å²) in [6.45, 7) is 4.93. The molecule has 2 heterocycles. The minimum Gasteiger partial charge on any atom is -0.466 e. The molecule has 0 spiro atoms. The zero-order chi connectivity index (χ0) is 17.4. The van der Waals surface area contributed by atoms with E-state index in [0.717, 1.165) is 10.4 Å². The molecule has 128 valence electrons. The molecule has 0 bridgehead atoms. The van der Waals surface area contributed by atoms with Crippen LogP contribution in [0.5, 0.6) is 0 Å². The molecule has 1 amide bonds. The number of pyridine rings is 1. The van der Waals surface area contributed by atoms with Gasteiger partial charge in [0, 0.05) is 35.2 Å². The molecular weight excluding hydrogens is 324 g/mol. The number of rotatable bonds is 8. The standard InChI is InChI=1S/C18H22N2O3S/c1-3-23-18(22)8-10-20(13-15-5-4-9-19-12-15)17(21)11-16-7-6-14(2)24-16/h4-7,9,12H,3,8,10-11,13H2,1-2H3. The minimum atomic E-state index is -0.284. The fraction of sp³-hybridized carbons (Fsp3) is 0.389. The first-order valence-corrected chi connectivity index (χ1v) is 8.77. The SMILES string of the molecule is CCOC(=O)CCN(Cc1cccnc1)C(=O)Cc1ccc(C)s1. The molecule has 0 aliphatic carbocycles. The van der Waals surface area contributed by atoms with Gasteiger partial charge < -0.3 is 9.64 Å². The van der Waals surface area contributed by atoms with E-state index in [-0.39, 0.29) is 18.3 Å². The summed E-state index contributed by atoms with van der Waals surface area (Å²) in [5, 5.41) is 0. The smallest absolute Gasteiger partial charge is 0.307 e. The number of hydrogen-bond donors (Lipinski definition) is 0. The maximum Gasteiger partial charge on any atom is 0.307 e. The lowest BCUT2D eigenvalue weighted by molar-refractivity contribution is -0.144. The summed E-state index contributed by atoms with van der Waals surface area (Å²) in [5.74, 6) is -0.279. The summed E-state index contributed by atoms with van der Waals surface area (Å²) in [5.41, 5.74) is 0.942. The third kappa shape index (κ3) is 5.77. The van der Waals surface area contributed by atoms with Gasteiger partial charge >= 0.3 is 5.97 Å². The molecule has 5 nitrogen and oxygen atoms in total. The number of esters is 1. The van der Waals surface area contributed by atoms with Crippen molar-refractivity contribution in [3.8, 4) is 0 Å². The molecule has 2 aromatic rings. The van der Waals surface area contributed by atoms with Crippen molar-refractivity contribution in [2.75, 3.05) is 13.2 Å². The van der Waals surface area contributed by atoms with E-state index in [1.165, 1.54) is 4.88 Å². The normalized spacial score (nSPS) is 10.4. The van der Waals surface area contributed by atoms with Crippen molar-refractivity contribution in [1.82, 2.24) is 9.88 Å². The van der Waals surface area contributed by atoms with Gasteiger partial charge in [-0.25, -0.2) is 0 Å². The molecule has 0 saturated carbocycles. The van der Waals surface area contributed by atoms with Crippen LogP contribution in [0.4, 0.5) is 0 Å². The predicted molar refractivity (Wildman–Crippen MR) is 93.7 cm³/mol. The van der Waals surface area contributed by atoms with E-state index in [1.807, 2.05) is 31.2 Å². The summed E-state index contributed by atoms with van der Waals surface area (Å²) >= 11 is 1.62. The van der Waals surface area contributed by atoms with Crippen molar-refractivity contribution in [1.29, 1.82) is 0 Å². The third-order valence-electron chi connectivity index (χ3n) is 3.46. The van der Waals surface area contributed by atoms with E-state index in [0.29, 0.717) is 26.1 Å². The Bertz CT molecular complexity index is 670. The van der Waals surface area contributed by atoms with Crippen LogP contribution in [0.15, 0.2) is 36.7 Å². The fourth-order valence-electron chi connectivity index (χ4n) is 2.30. The molecule has 0 atom stereocenters.